The van der Waals surface area contributed by atoms with Crippen molar-refractivity contribution >= 4 is 0 Å². The molecule has 4 aromatic carbocycles. The number of hydrogen-bond acceptors (Lipinski definition) is 1. The summed E-state index contributed by atoms with van der Waals surface area (Å²) >= 11 is 0. The van der Waals surface area contributed by atoms with E-state index in [0.717, 1.165) is 28.2 Å². The van der Waals surface area contributed by atoms with Gasteiger partial charge in [-0.05, 0) is 54.6 Å². The Bertz CT molecular complexity index is 1590. The van der Waals surface area contributed by atoms with Crippen LogP contribution in [0.4, 0.5) is 0 Å². The molecule has 0 aliphatic heterocycles. The zero-order valence-corrected chi connectivity index (χ0v) is 25.5. The minimum Gasteiger partial charge on any atom is -0.321 e. The Kier molecular flexibility index (Phi) is 9.60. The molecular weight excluding hydrogens is 667 g/mol. The van der Waals surface area contributed by atoms with Crippen LogP contribution >= 0.6 is 0 Å². The fourth-order valence-corrected chi connectivity index (χ4v) is 4.63. The van der Waals surface area contributed by atoms with E-state index < -0.39 is 0 Å². The van der Waals surface area contributed by atoms with E-state index in [1.165, 1.54) is 27.8 Å². The third kappa shape index (κ3) is 7.29. The summed E-state index contributed by atoms with van der Waals surface area (Å²) < 4.78 is 3.99. The van der Waals surface area contributed by atoms with Crippen LogP contribution in [0.2, 0.25) is 0 Å². The molecule has 0 saturated heterocycles. The van der Waals surface area contributed by atoms with E-state index >= 15 is 0 Å². The summed E-state index contributed by atoms with van der Waals surface area (Å²) in [5, 5.41) is 0. The van der Waals surface area contributed by atoms with Crippen molar-refractivity contribution in [2.24, 2.45) is 0 Å². The van der Waals surface area contributed by atoms with Crippen molar-refractivity contribution in [1.29, 1.82) is 0 Å². The third-order valence-corrected chi connectivity index (χ3v) is 6.32. The maximum absolute atomic E-state index is 4.22. The molecule has 2 aromatic heterocycles. The summed E-state index contributed by atoms with van der Waals surface area (Å²) in [5.41, 5.74) is 11.5. The number of aromatic nitrogens is 3. The second-order valence-corrected chi connectivity index (χ2v) is 9.78. The van der Waals surface area contributed by atoms with Crippen molar-refractivity contribution in [3.05, 3.63) is 156 Å². The second-order valence-electron chi connectivity index (χ2n) is 9.78. The monoisotopic (exact) mass is 698 g/mol. The molecule has 0 bridgehead atoms. The maximum Gasteiger partial charge on any atom is 3.00 e. The number of benzene rings is 4. The molecule has 0 saturated carbocycles. The van der Waals surface area contributed by atoms with Gasteiger partial charge in [0.1, 0.15) is 0 Å². The smallest absolute Gasteiger partial charge is 0.321 e. The molecule has 3 nitrogen and oxygen atoms in total. The van der Waals surface area contributed by atoms with E-state index in [2.05, 4.69) is 106 Å². The average molecular weight is 698 g/mol. The quantitative estimate of drug-likeness (QED) is 0.136. The molecule has 2 heterocycles. The SMILES string of the molecule is Cc1[c-]c(-[n+]2[c-]n(-c3ccc(-c4cc(C)cc(C)c4)cc3)cc2)cc(C)c1.[Ir+3].[c-]1ccccc1-c1ccccn1. The second kappa shape index (κ2) is 13.3. The van der Waals surface area contributed by atoms with Crippen molar-refractivity contribution in [3.8, 4) is 33.8 Å². The normalized spacial score (nSPS) is 10.3. The fraction of sp³-hybridized carbons (Fsp3) is 0.111. The summed E-state index contributed by atoms with van der Waals surface area (Å²) in [6.45, 7) is 8.46. The van der Waals surface area contributed by atoms with Crippen LogP contribution in [-0.4, -0.2) is 9.55 Å². The van der Waals surface area contributed by atoms with Crippen LogP contribution < -0.4 is 4.57 Å². The zero-order valence-electron chi connectivity index (χ0n) is 23.1. The molecule has 0 spiro atoms. The Labute approximate surface area is 251 Å². The van der Waals surface area contributed by atoms with Gasteiger partial charge in [0.25, 0.3) is 6.33 Å². The third-order valence-electron chi connectivity index (χ3n) is 6.32. The van der Waals surface area contributed by atoms with Crippen LogP contribution in [0.25, 0.3) is 33.8 Å². The van der Waals surface area contributed by atoms with E-state index in [-0.39, 0.29) is 20.1 Å². The molecule has 0 unspecified atom stereocenters. The Hall–Kier alpha value is -4.11. The van der Waals surface area contributed by atoms with Gasteiger partial charge >= 0.3 is 20.1 Å². The van der Waals surface area contributed by atoms with Crippen LogP contribution in [0, 0.1) is 46.2 Å². The number of imidazole rings is 1. The van der Waals surface area contributed by atoms with Crippen molar-refractivity contribution in [1.82, 2.24) is 9.55 Å². The molecule has 6 rings (SSSR count). The first kappa shape index (κ1) is 28.9. The molecule has 0 N–H and O–H groups in total. The zero-order chi connectivity index (χ0) is 27.2. The molecule has 198 valence electrons. The number of nitrogens with zero attached hydrogens (tertiary/aromatic N) is 3. The molecular formula is C36H31IrN3+. The largest absolute Gasteiger partial charge is 3.00 e. The molecule has 0 amide bonds. The Morgan fingerprint density at radius 1 is 0.725 bits per heavy atom. The van der Waals surface area contributed by atoms with Crippen LogP contribution in [0.15, 0.2) is 116 Å². The van der Waals surface area contributed by atoms with E-state index in [0.29, 0.717) is 0 Å². The Morgan fingerprint density at radius 3 is 2.10 bits per heavy atom. The van der Waals surface area contributed by atoms with Gasteiger partial charge in [0, 0.05) is 18.6 Å². The van der Waals surface area contributed by atoms with Gasteiger partial charge in [-0.1, -0.05) is 67.4 Å². The molecule has 6 aromatic rings. The first-order valence-corrected chi connectivity index (χ1v) is 13.1. The van der Waals surface area contributed by atoms with E-state index in [9.17, 15) is 0 Å². The van der Waals surface area contributed by atoms with Crippen LogP contribution in [0.1, 0.15) is 22.3 Å². The van der Waals surface area contributed by atoms with Crippen molar-refractivity contribution in [2.75, 3.05) is 0 Å². The Balaban J connectivity index is 0.000000238. The minimum absolute atomic E-state index is 0. The molecule has 0 aliphatic rings. The van der Waals surface area contributed by atoms with Crippen molar-refractivity contribution < 1.29 is 24.7 Å². The van der Waals surface area contributed by atoms with Crippen LogP contribution in [0.3, 0.4) is 0 Å². The van der Waals surface area contributed by atoms with Gasteiger partial charge in [0.15, 0.2) is 0 Å². The van der Waals surface area contributed by atoms with Gasteiger partial charge in [-0.25, -0.2) is 0 Å². The molecule has 0 aliphatic carbocycles. The number of aryl methyl sites for hydroxylation is 4. The van der Waals surface area contributed by atoms with Gasteiger partial charge in [0.2, 0.25) is 0 Å². The fourth-order valence-electron chi connectivity index (χ4n) is 4.63. The predicted octanol–water partition coefficient (Wildman–Crippen LogP) is 7.80. The first-order valence-electron chi connectivity index (χ1n) is 13.1. The molecule has 40 heavy (non-hydrogen) atoms. The topological polar surface area (TPSA) is 21.7 Å². The predicted molar refractivity (Wildman–Crippen MR) is 158 cm³/mol. The first-order chi connectivity index (χ1) is 18.9. The van der Waals surface area contributed by atoms with Crippen molar-refractivity contribution in [3.63, 3.8) is 0 Å². The van der Waals surface area contributed by atoms with Gasteiger partial charge in [-0.15, -0.1) is 35.9 Å². The number of hydrogen-bond donors (Lipinski definition) is 0. The standard InChI is InChI=1S/C25H23N2.C11H8N.Ir/c1-18-11-19(2)14-23(13-18)22-5-7-24(8-6-22)26-9-10-27(17-26)25-15-20(3)12-21(4)16-25;1-2-6-10(7-3-1)11-8-4-5-9-12-11;/h5-15H,1-4H3;1-6,8-9H;/q2*-1;+3. The molecule has 0 fully saturated rings. The maximum atomic E-state index is 4.22. The van der Waals surface area contributed by atoms with Gasteiger partial charge in [-0.2, -0.15) is 29.3 Å². The van der Waals surface area contributed by atoms with Crippen LogP contribution in [-0.2, 0) is 20.1 Å². The summed E-state index contributed by atoms with van der Waals surface area (Å²) in [7, 11) is 0. The van der Waals surface area contributed by atoms with Gasteiger partial charge < -0.3 is 9.55 Å². The summed E-state index contributed by atoms with van der Waals surface area (Å²) in [6, 6.07) is 39.7. The summed E-state index contributed by atoms with van der Waals surface area (Å²) in [4.78, 5) is 4.22. The summed E-state index contributed by atoms with van der Waals surface area (Å²) in [5.74, 6) is 0. The molecule has 0 radical (unpaired) electrons. The average Bonchev–Trinajstić information content (AvgIpc) is 3.44. The van der Waals surface area contributed by atoms with Crippen LogP contribution in [0.5, 0.6) is 0 Å². The van der Waals surface area contributed by atoms with Gasteiger partial charge in [0.05, 0.1) is 5.69 Å². The van der Waals surface area contributed by atoms with E-state index in [4.69, 9.17) is 0 Å². The molecule has 4 heteroatoms. The van der Waals surface area contributed by atoms with E-state index in [1.807, 2.05) is 64.0 Å². The summed E-state index contributed by atoms with van der Waals surface area (Å²) in [6.07, 6.45) is 9.21. The van der Waals surface area contributed by atoms with E-state index in [1.54, 1.807) is 6.20 Å². The number of pyridine rings is 1. The van der Waals surface area contributed by atoms with Gasteiger partial charge in [-0.3, -0.25) is 4.57 Å². The van der Waals surface area contributed by atoms with Crippen molar-refractivity contribution in [2.45, 2.75) is 27.7 Å². The minimum atomic E-state index is 0. The molecule has 0 atom stereocenters. The Morgan fingerprint density at radius 2 is 1.45 bits per heavy atom. The number of rotatable bonds is 4.